The van der Waals surface area contributed by atoms with Crippen molar-refractivity contribution in [2.24, 2.45) is 0 Å². The second kappa shape index (κ2) is 6.06. The first-order valence-corrected chi connectivity index (χ1v) is 7.28. The largest absolute Gasteiger partial charge is 0.373 e. The number of hydrogen-bond donors (Lipinski definition) is 1. The Bertz CT molecular complexity index is 580. The molecule has 1 N–H and O–H groups in total. The molecule has 1 aromatic carbocycles. The second-order valence-corrected chi connectivity index (χ2v) is 5.35. The summed E-state index contributed by atoms with van der Waals surface area (Å²) in [5.41, 5.74) is 4.11. The van der Waals surface area contributed by atoms with E-state index in [-0.39, 0.29) is 0 Å². The van der Waals surface area contributed by atoms with Crippen LogP contribution in [0.15, 0.2) is 42.5 Å². The van der Waals surface area contributed by atoms with Gasteiger partial charge in [0, 0.05) is 20.1 Å². The van der Waals surface area contributed by atoms with E-state index >= 15 is 0 Å². The molecule has 0 unspecified atom stereocenters. The average molecular weight is 267 g/mol. The summed E-state index contributed by atoms with van der Waals surface area (Å²) in [6.45, 7) is 3.09. The number of rotatable bonds is 3. The molecule has 0 amide bonds. The maximum atomic E-state index is 4.62. The van der Waals surface area contributed by atoms with Crippen molar-refractivity contribution in [2.45, 2.75) is 25.9 Å². The van der Waals surface area contributed by atoms with Gasteiger partial charge in [0.15, 0.2) is 0 Å². The molecule has 0 spiro atoms. The van der Waals surface area contributed by atoms with Crippen molar-refractivity contribution in [1.29, 1.82) is 0 Å². The molecule has 0 bridgehead atoms. The predicted octanol–water partition coefficient (Wildman–Crippen LogP) is 3.07. The van der Waals surface area contributed by atoms with Crippen LogP contribution >= 0.6 is 0 Å². The van der Waals surface area contributed by atoms with Crippen molar-refractivity contribution in [2.75, 3.05) is 18.9 Å². The zero-order valence-corrected chi connectivity index (χ0v) is 12.0. The van der Waals surface area contributed by atoms with Crippen molar-refractivity contribution < 1.29 is 0 Å². The lowest BCUT2D eigenvalue weighted by molar-refractivity contribution is 0.258. The van der Waals surface area contributed by atoms with Gasteiger partial charge in [-0.15, -0.1) is 0 Å². The third-order valence-electron chi connectivity index (χ3n) is 3.88. The molecular weight excluding hydrogens is 246 g/mol. The van der Waals surface area contributed by atoms with E-state index in [1.165, 1.54) is 24.0 Å². The molecule has 2 heterocycles. The molecule has 1 aromatic heterocycles. The van der Waals surface area contributed by atoms with Crippen LogP contribution in [0.1, 0.15) is 23.2 Å². The molecule has 3 heteroatoms. The Balaban J connectivity index is 1.74. The molecule has 3 nitrogen and oxygen atoms in total. The molecule has 0 saturated carbocycles. The minimum absolute atomic E-state index is 0.920. The van der Waals surface area contributed by atoms with Crippen LogP contribution in [0.5, 0.6) is 0 Å². The van der Waals surface area contributed by atoms with Crippen molar-refractivity contribution >= 4 is 5.82 Å². The first kappa shape index (κ1) is 13.1. The van der Waals surface area contributed by atoms with Crippen molar-refractivity contribution in [1.82, 2.24) is 9.88 Å². The fourth-order valence-electron chi connectivity index (χ4n) is 2.84. The molecule has 0 atom stereocenters. The van der Waals surface area contributed by atoms with Crippen molar-refractivity contribution in [3.05, 3.63) is 59.3 Å². The lowest BCUT2D eigenvalue weighted by atomic mass is 10.0. The fourth-order valence-corrected chi connectivity index (χ4v) is 2.84. The van der Waals surface area contributed by atoms with Crippen LogP contribution < -0.4 is 5.32 Å². The molecule has 0 radical (unpaired) electrons. The van der Waals surface area contributed by atoms with Gasteiger partial charge in [-0.05, 0) is 42.6 Å². The molecule has 0 aliphatic carbocycles. The maximum Gasteiger partial charge on any atom is 0.126 e. The molecular formula is C17H21N3. The van der Waals surface area contributed by atoms with Gasteiger partial charge < -0.3 is 5.32 Å². The summed E-state index contributed by atoms with van der Waals surface area (Å²) in [6, 6.07) is 15.0. The lowest BCUT2D eigenvalue weighted by Gasteiger charge is -2.20. The summed E-state index contributed by atoms with van der Waals surface area (Å²) >= 11 is 0. The van der Waals surface area contributed by atoms with Crippen molar-refractivity contribution in [3.8, 4) is 0 Å². The number of pyridine rings is 1. The Morgan fingerprint density at radius 3 is 2.80 bits per heavy atom. The van der Waals surface area contributed by atoms with Gasteiger partial charge in [-0.3, -0.25) is 4.90 Å². The normalized spacial score (nSPS) is 15.4. The second-order valence-electron chi connectivity index (χ2n) is 5.35. The number of aromatic nitrogens is 1. The molecule has 104 valence electrons. The molecule has 2 aromatic rings. The van der Waals surface area contributed by atoms with E-state index in [4.69, 9.17) is 0 Å². The monoisotopic (exact) mass is 267 g/mol. The van der Waals surface area contributed by atoms with Gasteiger partial charge in [0.05, 0.1) is 5.69 Å². The van der Waals surface area contributed by atoms with E-state index < -0.39 is 0 Å². The quantitative estimate of drug-likeness (QED) is 0.926. The van der Waals surface area contributed by atoms with Crippen LogP contribution in [0.3, 0.4) is 0 Å². The van der Waals surface area contributed by atoms with Gasteiger partial charge in [-0.2, -0.15) is 0 Å². The van der Waals surface area contributed by atoms with E-state index in [1.54, 1.807) is 0 Å². The Kier molecular flexibility index (Phi) is 3.97. The number of benzene rings is 1. The SMILES string of the molecule is CNc1cccc(CN2CCCc3ccccc3C2)n1. The summed E-state index contributed by atoms with van der Waals surface area (Å²) in [7, 11) is 1.91. The summed E-state index contributed by atoms with van der Waals surface area (Å²) in [5.74, 6) is 0.942. The lowest BCUT2D eigenvalue weighted by Crippen LogP contribution is -2.23. The van der Waals surface area contributed by atoms with Crippen LogP contribution in [0.2, 0.25) is 0 Å². The summed E-state index contributed by atoms with van der Waals surface area (Å²) in [5, 5.41) is 3.10. The zero-order valence-electron chi connectivity index (χ0n) is 12.0. The van der Waals surface area contributed by atoms with Gasteiger partial charge in [0.1, 0.15) is 5.82 Å². The molecule has 0 saturated heterocycles. The molecule has 0 fully saturated rings. The van der Waals surface area contributed by atoms with E-state index in [0.717, 1.165) is 31.1 Å². The third kappa shape index (κ3) is 2.99. The Morgan fingerprint density at radius 2 is 1.95 bits per heavy atom. The van der Waals surface area contributed by atoms with Crippen LogP contribution in [0.25, 0.3) is 0 Å². The van der Waals surface area contributed by atoms with E-state index in [0.29, 0.717) is 0 Å². The number of aryl methyl sites for hydroxylation is 1. The zero-order chi connectivity index (χ0) is 13.8. The Morgan fingerprint density at radius 1 is 1.10 bits per heavy atom. The van der Waals surface area contributed by atoms with Crippen LogP contribution in [0.4, 0.5) is 5.82 Å². The van der Waals surface area contributed by atoms with E-state index in [1.807, 2.05) is 13.1 Å². The highest BCUT2D eigenvalue weighted by Crippen LogP contribution is 2.19. The van der Waals surface area contributed by atoms with Crippen LogP contribution in [-0.2, 0) is 19.5 Å². The average Bonchev–Trinajstić information content (AvgIpc) is 2.69. The molecule has 20 heavy (non-hydrogen) atoms. The highest BCUT2D eigenvalue weighted by molar-refractivity contribution is 5.34. The van der Waals surface area contributed by atoms with Gasteiger partial charge >= 0.3 is 0 Å². The summed E-state index contributed by atoms with van der Waals surface area (Å²) in [4.78, 5) is 7.11. The Labute approximate surface area is 120 Å². The first-order chi connectivity index (χ1) is 9.85. The highest BCUT2D eigenvalue weighted by Gasteiger charge is 2.14. The molecule has 1 aliphatic heterocycles. The highest BCUT2D eigenvalue weighted by atomic mass is 15.1. The van der Waals surface area contributed by atoms with Gasteiger partial charge in [-0.1, -0.05) is 30.3 Å². The Hall–Kier alpha value is -1.87. The fraction of sp³-hybridized carbons (Fsp3) is 0.353. The van der Waals surface area contributed by atoms with Gasteiger partial charge in [0.25, 0.3) is 0 Å². The number of nitrogens with one attached hydrogen (secondary N) is 1. The first-order valence-electron chi connectivity index (χ1n) is 7.28. The van der Waals surface area contributed by atoms with Gasteiger partial charge in [0.2, 0.25) is 0 Å². The molecule has 1 aliphatic rings. The number of nitrogens with zero attached hydrogens (tertiary/aromatic N) is 2. The number of hydrogen-bond acceptors (Lipinski definition) is 3. The maximum absolute atomic E-state index is 4.62. The molecule has 3 rings (SSSR count). The minimum Gasteiger partial charge on any atom is -0.373 e. The third-order valence-corrected chi connectivity index (χ3v) is 3.88. The van der Waals surface area contributed by atoms with Crippen LogP contribution in [0, 0.1) is 0 Å². The van der Waals surface area contributed by atoms with Crippen molar-refractivity contribution in [3.63, 3.8) is 0 Å². The van der Waals surface area contributed by atoms with E-state index in [2.05, 4.69) is 51.6 Å². The number of anilines is 1. The van der Waals surface area contributed by atoms with E-state index in [9.17, 15) is 0 Å². The van der Waals surface area contributed by atoms with Crippen LogP contribution in [-0.4, -0.2) is 23.5 Å². The smallest absolute Gasteiger partial charge is 0.126 e. The predicted molar refractivity (Wildman–Crippen MR) is 82.7 cm³/mol. The standard InChI is InChI=1S/C17H21N3/c1-18-17-10-4-9-16(19-17)13-20-11-5-8-14-6-2-3-7-15(14)12-20/h2-4,6-7,9-10H,5,8,11-13H2,1H3,(H,18,19). The van der Waals surface area contributed by atoms with Gasteiger partial charge in [-0.25, -0.2) is 4.98 Å². The minimum atomic E-state index is 0.920. The topological polar surface area (TPSA) is 28.2 Å². The summed E-state index contributed by atoms with van der Waals surface area (Å²) in [6.07, 6.45) is 2.42. The summed E-state index contributed by atoms with van der Waals surface area (Å²) < 4.78 is 0. The number of fused-ring (bicyclic) bond motifs is 1.